The number of morpholine rings is 1. The Hall–Kier alpha value is -3.14. The van der Waals surface area contributed by atoms with E-state index in [-0.39, 0.29) is 17.4 Å². The molecule has 2 heterocycles. The fourth-order valence-electron chi connectivity index (χ4n) is 3.14. The Morgan fingerprint density at radius 3 is 2.61 bits per heavy atom. The highest BCUT2D eigenvalue weighted by Gasteiger charge is 2.15. The third-order valence-corrected chi connectivity index (χ3v) is 5.50. The maximum absolute atomic E-state index is 13.3. The van der Waals surface area contributed by atoms with Gasteiger partial charge in [0.1, 0.15) is 5.82 Å². The highest BCUT2D eigenvalue weighted by molar-refractivity contribution is 7.14. The molecule has 9 heteroatoms. The molecular formula is C22H21FN4O3S. The van der Waals surface area contributed by atoms with Gasteiger partial charge in [0.05, 0.1) is 25.5 Å². The molecule has 0 bridgehead atoms. The number of benzene rings is 2. The van der Waals surface area contributed by atoms with Gasteiger partial charge in [-0.05, 0) is 30.3 Å². The van der Waals surface area contributed by atoms with E-state index in [4.69, 9.17) is 4.74 Å². The number of thiazole rings is 1. The van der Waals surface area contributed by atoms with Crippen LogP contribution in [0.1, 0.15) is 10.4 Å². The van der Waals surface area contributed by atoms with Crippen LogP contribution in [0, 0.1) is 5.82 Å². The predicted molar refractivity (Wildman–Crippen MR) is 118 cm³/mol. The van der Waals surface area contributed by atoms with Gasteiger partial charge in [-0.1, -0.05) is 18.2 Å². The Balaban J connectivity index is 1.34. The number of halogens is 1. The standard InChI is InChI=1S/C22H21FN4O3S/c23-17-3-1-2-16(12-17)21(29)24-18-6-4-15(5-7-18)19-14-31-22(25-19)26-20(28)13-27-8-10-30-11-9-27/h1-7,12,14H,8-11,13H2,(H,24,29)(H,25,26,28). The van der Waals surface area contributed by atoms with E-state index in [0.717, 1.165) is 24.3 Å². The molecule has 1 saturated heterocycles. The third-order valence-electron chi connectivity index (χ3n) is 4.75. The smallest absolute Gasteiger partial charge is 0.255 e. The van der Waals surface area contributed by atoms with Gasteiger partial charge in [0.15, 0.2) is 5.13 Å². The first-order chi connectivity index (χ1) is 15.1. The summed E-state index contributed by atoms with van der Waals surface area (Å²) >= 11 is 1.36. The number of nitrogens with zero attached hydrogens (tertiary/aromatic N) is 2. The minimum atomic E-state index is -0.459. The lowest BCUT2D eigenvalue weighted by Gasteiger charge is -2.25. The summed E-state index contributed by atoms with van der Waals surface area (Å²) in [6.45, 7) is 3.11. The van der Waals surface area contributed by atoms with E-state index in [1.807, 2.05) is 22.4 Å². The van der Waals surface area contributed by atoms with Gasteiger partial charge >= 0.3 is 0 Å². The van der Waals surface area contributed by atoms with Crippen LogP contribution in [0.4, 0.5) is 15.2 Å². The van der Waals surface area contributed by atoms with Crippen molar-refractivity contribution in [2.45, 2.75) is 0 Å². The van der Waals surface area contributed by atoms with Gasteiger partial charge in [-0.3, -0.25) is 14.5 Å². The Morgan fingerprint density at radius 2 is 1.87 bits per heavy atom. The van der Waals surface area contributed by atoms with Crippen molar-refractivity contribution in [3.8, 4) is 11.3 Å². The number of rotatable bonds is 6. The Kier molecular flexibility index (Phi) is 6.66. The first-order valence-corrected chi connectivity index (χ1v) is 10.7. The molecule has 0 radical (unpaired) electrons. The summed E-state index contributed by atoms with van der Waals surface area (Å²) in [5.74, 6) is -0.941. The molecule has 1 aliphatic rings. The van der Waals surface area contributed by atoms with Crippen LogP contribution in [-0.4, -0.2) is 54.5 Å². The van der Waals surface area contributed by atoms with Crippen LogP contribution in [-0.2, 0) is 9.53 Å². The number of anilines is 2. The van der Waals surface area contributed by atoms with Gasteiger partial charge in [-0.15, -0.1) is 11.3 Å². The molecule has 4 rings (SSSR count). The number of nitrogens with one attached hydrogen (secondary N) is 2. The minimum Gasteiger partial charge on any atom is -0.379 e. The molecular weight excluding hydrogens is 419 g/mol. The van der Waals surface area contributed by atoms with Crippen LogP contribution < -0.4 is 10.6 Å². The topological polar surface area (TPSA) is 83.6 Å². The lowest BCUT2D eigenvalue weighted by atomic mass is 10.1. The summed E-state index contributed by atoms with van der Waals surface area (Å²) in [5.41, 5.74) is 2.43. The number of hydrogen-bond donors (Lipinski definition) is 2. The molecule has 2 N–H and O–H groups in total. The molecule has 0 unspecified atom stereocenters. The molecule has 2 aromatic carbocycles. The fourth-order valence-corrected chi connectivity index (χ4v) is 3.88. The van der Waals surface area contributed by atoms with E-state index < -0.39 is 5.82 Å². The SMILES string of the molecule is O=C(CN1CCOCC1)Nc1nc(-c2ccc(NC(=O)c3cccc(F)c3)cc2)cs1. The lowest BCUT2D eigenvalue weighted by molar-refractivity contribution is -0.118. The van der Waals surface area contributed by atoms with E-state index in [1.165, 1.54) is 29.5 Å². The van der Waals surface area contributed by atoms with Gasteiger partial charge in [-0.25, -0.2) is 9.37 Å². The normalized spacial score (nSPS) is 14.2. The molecule has 31 heavy (non-hydrogen) atoms. The molecule has 0 spiro atoms. The monoisotopic (exact) mass is 440 g/mol. The Bertz CT molecular complexity index is 1060. The number of ether oxygens (including phenoxy) is 1. The molecule has 0 aliphatic carbocycles. The summed E-state index contributed by atoms with van der Waals surface area (Å²) < 4.78 is 18.6. The second kappa shape index (κ2) is 9.78. The van der Waals surface area contributed by atoms with Crippen molar-refractivity contribution in [2.75, 3.05) is 43.5 Å². The number of amides is 2. The largest absolute Gasteiger partial charge is 0.379 e. The molecule has 2 amide bonds. The van der Waals surface area contributed by atoms with Crippen molar-refractivity contribution in [2.24, 2.45) is 0 Å². The molecule has 1 aliphatic heterocycles. The highest BCUT2D eigenvalue weighted by Crippen LogP contribution is 2.26. The van der Waals surface area contributed by atoms with E-state index >= 15 is 0 Å². The molecule has 160 valence electrons. The highest BCUT2D eigenvalue weighted by atomic mass is 32.1. The van der Waals surface area contributed by atoms with Gasteiger partial charge < -0.3 is 15.4 Å². The van der Waals surface area contributed by atoms with Crippen molar-refractivity contribution < 1.29 is 18.7 Å². The zero-order valence-electron chi connectivity index (χ0n) is 16.6. The van der Waals surface area contributed by atoms with E-state index in [0.29, 0.717) is 30.6 Å². The molecule has 0 atom stereocenters. The summed E-state index contributed by atoms with van der Waals surface area (Å²) in [6, 6.07) is 12.7. The van der Waals surface area contributed by atoms with Crippen molar-refractivity contribution >= 4 is 34.0 Å². The molecule has 1 aromatic heterocycles. The van der Waals surface area contributed by atoms with Crippen molar-refractivity contribution in [3.05, 3.63) is 65.3 Å². The maximum atomic E-state index is 13.3. The van der Waals surface area contributed by atoms with Crippen LogP contribution in [0.15, 0.2) is 53.9 Å². The van der Waals surface area contributed by atoms with Crippen molar-refractivity contribution in [1.82, 2.24) is 9.88 Å². The maximum Gasteiger partial charge on any atom is 0.255 e. The van der Waals surface area contributed by atoms with E-state index in [9.17, 15) is 14.0 Å². The average Bonchev–Trinajstić information content (AvgIpc) is 3.23. The second-order valence-electron chi connectivity index (χ2n) is 7.02. The summed E-state index contributed by atoms with van der Waals surface area (Å²) in [6.07, 6.45) is 0. The number of aromatic nitrogens is 1. The van der Waals surface area contributed by atoms with Gasteiger partial charge in [0.25, 0.3) is 5.91 Å². The molecule has 3 aromatic rings. The Labute approximate surface area is 182 Å². The summed E-state index contributed by atoms with van der Waals surface area (Å²) in [5, 5.41) is 7.98. The van der Waals surface area contributed by atoms with E-state index in [1.54, 1.807) is 18.2 Å². The third kappa shape index (κ3) is 5.72. The number of carbonyl (C=O) groups is 2. The zero-order valence-corrected chi connectivity index (χ0v) is 17.5. The van der Waals surface area contributed by atoms with Crippen molar-refractivity contribution in [1.29, 1.82) is 0 Å². The van der Waals surface area contributed by atoms with Crippen molar-refractivity contribution in [3.63, 3.8) is 0 Å². The summed E-state index contributed by atoms with van der Waals surface area (Å²) in [7, 11) is 0. The van der Waals surface area contributed by atoms with Gasteiger partial charge in [0, 0.05) is 35.3 Å². The summed E-state index contributed by atoms with van der Waals surface area (Å²) in [4.78, 5) is 31.0. The fraction of sp³-hybridized carbons (Fsp3) is 0.227. The first kappa shape index (κ1) is 21.1. The van der Waals surface area contributed by atoms with E-state index in [2.05, 4.69) is 15.6 Å². The second-order valence-corrected chi connectivity index (χ2v) is 7.87. The minimum absolute atomic E-state index is 0.0989. The number of carbonyl (C=O) groups excluding carboxylic acids is 2. The average molecular weight is 441 g/mol. The molecule has 0 saturated carbocycles. The van der Waals surface area contributed by atoms with Gasteiger partial charge in [-0.2, -0.15) is 0 Å². The van der Waals surface area contributed by atoms with Gasteiger partial charge in [0.2, 0.25) is 5.91 Å². The van der Waals surface area contributed by atoms with Crippen LogP contribution in [0.3, 0.4) is 0 Å². The Morgan fingerprint density at radius 1 is 1.10 bits per heavy atom. The quantitative estimate of drug-likeness (QED) is 0.613. The van der Waals surface area contributed by atoms with Crippen LogP contribution in [0.2, 0.25) is 0 Å². The van der Waals surface area contributed by atoms with Crippen LogP contribution in [0.25, 0.3) is 11.3 Å². The lowest BCUT2D eigenvalue weighted by Crippen LogP contribution is -2.41. The zero-order chi connectivity index (χ0) is 21.6. The molecule has 1 fully saturated rings. The number of hydrogen-bond acceptors (Lipinski definition) is 6. The molecule has 7 nitrogen and oxygen atoms in total. The predicted octanol–water partition coefficient (Wildman–Crippen LogP) is 3.47. The first-order valence-electron chi connectivity index (χ1n) is 9.80. The van der Waals surface area contributed by atoms with Crippen LogP contribution >= 0.6 is 11.3 Å². The van der Waals surface area contributed by atoms with Crippen LogP contribution in [0.5, 0.6) is 0 Å².